The van der Waals surface area contributed by atoms with Gasteiger partial charge < -0.3 is 10.2 Å². The maximum absolute atomic E-state index is 13.3. The summed E-state index contributed by atoms with van der Waals surface area (Å²) in [4.78, 5) is 15.2. The van der Waals surface area contributed by atoms with Crippen LogP contribution < -0.4 is 5.32 Å². The number of piperidine rings is 1. The molecule has 1 aromatic heterocycles. The van der Waals surface area contributed by atoms with Crippen molar-refractivity contribution >= 4 is 29.9 Å². The van der Waals surface area contributed by atoms with Gasteiger partial charge in [-0.15, -0.1) is 12.4 Å². The smallest absolute Gasteiger partial charge is 0.257 e. The number of aromatic nitrogens is 2. The van der Waals surface area contributed by atoms with Gasteiger partial charge in [0.2, 0.25) is 0 Å². The van der Waals surface area contributed by atoms with Gasteiger partial charge >= 0.3 is 0 Å². The zero-order chi connectivity index (χ0) is 18.9. The second-order valence-electron chi connectivity index (χ2n) is 7.87. The molecule has 27 heavy (non-hydrogen) atoms. The molecule has 1 fully saturated rings. The Kier molecular flexibility index (Phi) is 6.95. The lowest BCUT2D eigenvalue weighted by atomic mass is 10.0. The zero-order valence-corrected chi connectivity index (χ0v) is 17.9. The summed E-state index contributed by atoms with van der Waals surface area (Å²) in [5.41, 5.74) is 1.85. The van der Waals surface area contributed by atoms with Gasteiger partial charge in [0.25, 0.3) is 5.91 Å². The minimum absolute atomic E-state index is 0. The average Bonchev–Trinajstić information content (AvgIpc) is 3.07. The van der Waals surface area contributed by atoms with Crippen molar-refractivity contribution in [1.29, 1.82) is 0 Å². The first-order chi connectivity index (χ1) is 12.3. The Hall–Kier alpha value is -1.56. The minimum Gasteiger partial charge on any atom is -0.337 e. The third-order valence-corrected chi connectivity index (χ3v) is 5.21. The van der Waals surface area contributed by atoms with Crippen LogP contribution in [0.5, 0.6) is 0 Å². The highest BCUT2D eigenvalue weighted by Crippen LogP contribution is 2.31. The van der Waals surface area contributed by atoms with Crippen LogP contribution in [0.1, 0.15) is 44.0 Å². The molecule has 1 unspecified atom stereocenters. The van der Waals surface area contributed by atoms with Crippen molar-refractivity contribution in [3.05, 3.63) is 41.0 Å². The van der Waals surface area contributed by atoms with Gasteiger partial charge in [-0.1, -0.05) is 29.8 Å². The molecule has 0 spiro atoms. The Morgan fingerprint density at radius 2 is 2.00 bits per heavy atom. The molecule has 1 aliphatic rings. The molecule has 0 aliphatic carbocycles. The van der Waals surface area contributed by atoms with Crippen molar-refractivity contribution in [2.75, 3.05) is 20.1 Å². The van der Waals surface area contributed by atoms with E-state index in [0.29, 0.717) is 22.3 Å². The molecule has 7 heteroatoms. The average molecular weight is 411 g/mol. The number of nitrogens with one attached hydrogen (secondary N) is 1. The molecular formula is C20H28Cl2N4O. The van der Waals surface area contributed by atoms with E-state index in [9.17, 15) is 4.79 Å². The van der Waals surface area contributed by atoms with E-state index in [-0.39, 0.29) is 23.9 Å². The molecule has 5 nitrogen and oxygen atoms in total. The van der Waals surface area contributed by atoms with Crippen LogP contribution in [0, 0.1) is 0 Å². The van der Waals surface area contributed by atoms with E-state index >= 15 is 0 Å². The number of rotatable bonds is 3. The summed E-state index contributed by atoms with van der Waals surface area (Å²) >= 11 is 6.41. The maximum Gasteiger partial charge on any atom is 0.257 e. The van der Waals surface area contributed by atoms with Crippen molar-refractivity contribution in [3.8, 4) is 11.3 Å². The van der Waals surface area contributed by atoms with Crippen molar-refractivity contribution in [2.24, 2.45) is 0 Å². The number of carbonyl (C=O) groups excluding carboxylic acids is 1. The highest BCUT2D eigenvalue weighted by atomic mass is 35.5. The van der Waals surface area contributed by atoms with Crippen LogP contribution in [0.25, 0.3) is 11.3 Å². The monoisotopic (exact) mass is 410 g/mol. The van der Waals surface area contributed by atoms with Gasteiger partial charge in [-0.25, -0.2) is 0 Å². The summed E-state index contributed by atoms with van der Waals surface area (Å²) in [6, 6.07) is 7.90. The minimum atomic E-state index is -0.218. The number of hydrogen-bond donors (Lipinski definition) is 1. The molecular weight excluding hydrogens is 383 g/mol. The molecule has 2 heterocycles. The summed E-state index contributed by atoms with van der Waals surface area (Å²) in [7, 11) is 1.95. The fraction of sp³-hybridized carbons (Fsp3) is 0.500. The highest BCUT2D eigenvalue weighted by Gasteiger charge is 2.29. The van der Waals surface area contributed by atoms with Gasteiger partial charge in [-0.05, 0) is 46.7 Å². The molecule has 1 atom stereocenters. The van der Waals surface area contributed by atoms with E-state index in [1.54, 1.807) is 0 Å². The lowest BCUT2D eigenvalue weighted by molar-refractivity contribution is 0.0698. The van der Waals surface area contributed by atoms with Crippen molar-refractivity contribution in [2.45, 2.75) is 45.2 Å². The molecule has 0 saturated carbocycles. The fourth-order valence-electron chi connectivity index (χ4n) is 3.29. The molecule has 2 aromatic rings. The molecule has 0 bridgehead atoms. The standard InChI is InChI=1S/C20H27ClN4O.ClH/c1-20(2,3)25-13-16(18(23-25)15-9-5-6-10-17(15)21)19(26)24-11-7-8-14(12-24)22-4;/h5-6,9-10,13-14,22H,7-8,11-12H2,1-4H3;1H. The number of halogens is 2. The quantitative estimate of drug-likeness (QED) is 0.824. The van der Waals surface area contributed by atoms with E-state index in [2.05, 4.69) is 26.1 Å². The second-order valence-corrected chi connectivity index (χ2v) is 8.27. The predicted octanol–water partition coefficient (Wildman–Crippen LogP) is 4.20. The lowest BCUT2D eigenvalue weighted by Crippen LogP contribution is -2.47. The molecule has 1 N–H and O–H groups in total. The van der Waals surface area contributed by atoms with Gasteiger partial charge in [0.05, 0.1) is 16.1 Å². The summed E-state index contributed by atoms with van der Waals surface area (Å²) in [5, 5.41) is 8.63. The third kappa shape index (κ3) is 4.65. The number of nitrogens with zero attached hydrogens (tertiary/aromatic N) is 3. The maximum atomic E-state index is 13.3. The largest absolute Gasteiger partial charge is 0.337 e. The van der Waals surface area contributed by atoms with Crippen molar-refractivity contribution in [1.82, 2.24) is 20.0 Å². The predicted molar refractivity (Wildman–Crippen MR) is 113 cm³/mol. The molecule has 1 aliphatic heterocycles. The molecule has 1 amide bonds. The second kappa shape index (κ2) is 8.63. The van der Waals surface area contributed by atoms with Gasteiger partial charge in [0, 0.05) is 30.9 Å². The first kappa shape index (κ1) is 21.7. The number of likely N-dealkylation sites (tertiary alicyclic amines) is 1. The number of likely N-dealkylation sites (N-methyl/N-ethyl adjacent to an activating group) is 1. The van der Waals surface area contributed by atoms with Crippen molar-refractivity contribution < 1.29 is 4.79 Å². The third-order valence-electron chi connectivity index (χ3n) is 4.88. The van der Waals surface area contributed by atoms with Crippen LogP contribution in [0.3, 0.4) is 0 Å². The van der Waals surface area contributed by atoms with Crippen LogP contribution in [0.4, 0.5) is 0 Å². The van der Waals surface area contributed by atoms with E-state index in [4.69, 9.17) is 16.7 Å². The van der Waals surface area contributed by atoms with E-state index < -0.39 is 0 Å². The number of benzene rings is 1. The SMILES string of the molecule is CNC1CCCN(C(=O)c2cn(C(C)(C)C)nc2-c2ccccc2Cl)C1.Cl. The molecule has 1 aromatic carbocycles. The topological polar surface area (TPSA) is 50.2 Å². The van der Waals surface area contributed by atoms with E-state index in [1.807, 2.05) is 47.1 Å². The normalized spacial score (nSPS) is 17.5. The van der Waals surface area contributed by atoms with Crippen LogP contribution in [-0.2, 0) is 5.54 Å². The fourth-order valence-corrected chi connectivity index (χ4v) is 3.52. The Morgan fingerprint density at radius 3 is 2.63 bits per heavy atom. The highest BCUT2D eigenvalue weighted by molar-refractivity contribution is 6.33. The Bertz CT molecular complexity index is 798. The molecule has 3 rings (SSSR count). The summed E-state index contributed by atoms with van der Waals surface area (Å²) in [6.07, 6.45) is 3.97. The van der Waals surface area contributed by atoms with Gasteiger partial charge in [0.1, 0.15) is 5.69 Å². The Morgan fingerprint density at radius 1 is 1.30 bits per heavy atom. The summed E-state index contributed by atoms with van der Waals surface area (Å²) in [5.74, 6) is 0.0235. The van der Waals surface area contributed by atoms with E-state index in [0.717, 1.165) is 31.5 Å². The first-order valence-electron chi connectivity index (χ1n) is 9.13. The van der Waals surface area contributed by atoms with Gasteiger partial charge in [0.15, 0.2) is 0 Å². The Balaban J connectivity index is 0.00000261. The van der Waals surface area contributed by atoms with Crippen molar-refractivity contribution in [3.63, 3.8) is 0 Å². The zero-order valence-electron chi connectivity index (χ0n) is 16.3. The number of hydrogen-bond acceptors (Lipinski definition) is 3. The molecule has 1 saturated heterocycles. The van der Waals surface area contributed by atoms with Crippen LogP contribution in [0.15, 0.2) is 30.5 Å². The first-order valence-corrected chi connectivity index (χ1v) is 9.50. The van der Waals surface area contributed by atoms with Crippen LogP contribution in [0.2, 0.25) is 5.02 Å². The Labute approximate surface area is 172 Å². The van der Waals surface area contributed by atoms with Crippen LogP contribution >= 0.6 is 24.0 Å². The van der Waals surface area contributed by atoms with Gasteiger partial charge in [-0.3, -0.25) is 9.48 Å². The summed E-state index contributed by atoms with van der Waals surface area (Å²) in [6.45, 7) is 7.71. The number of amides is 1. The molecule has 0 radical (unpaired) electrons. The molecule has 148 valence electrons. The van der Waals surface area contributed by atoms with Crippen LogP contribution in [-0.4, -0.2) is 46.8 Å². The summed E-state index contributed by atoms with van der Waals surface area (Å²) < 4.78 is 1.86. The lowest BCUT2D eigenvalue weighted by Gasteiger charge is -2.32. The van der Waals surface area contributed by atoms with Gasteiger partial charge in [-0.2, -0.15) is 5.10 Å². The van der Waals surface area contributed by atoms with E-state index in [1.165, 1.54) is 0 Å². The number of carbonyl (C=O) groups is 1.